The molecule has 0 aromatic heterocycles. The van der Waals surface area contributed by atoms with E-state index in [1.165, 1.54) is 13.2 Å². The van der Waals surface area contributed by atoms with Gasteiger partial charge in [-0.1, -0.05) is 64.6 Å². The van der Waals surface area contributed by atoms with Gasteiger partial charge in [0.05, 0.1) is 22.8 Å². The molecule has 3 aromatic carbocycles. The van der Waals surface area contributed by atoms with Gasteiger partial charge in [-0.3, -0.25) is 4.79 Å². The molecule has 0 bridgehead atoms. The summed E-state index contributed by atoms with van der Waals surface area (Å²) in [6.45, 7) is 0.0981. The monoisotopic (exact) mass is 520 g/mol. The molecular weight excluding hydrogens is 506 g/mol. The van der Waals surface area contributed by atoms with Crippen LogP contribution >= 0.6 is 46.4 Å². The van der Waals surface area contributed by atoms with Gasteiger partial charge in [0.1, 0.15) is 18.2 Å². The van der Waals surface area contributed by atoms with Crippen LogP contribution in [-0.2, 0) is 11.4 Å². The summed E-state index contributed by atoms with van der Waals surface area (Å²) in [5.74, 6) is 0.213. The lowest BCUT2D eigenvalue weighted by Gasteiger charge is -2.13. The van der Waals surface area contributed by atoms with Crippen molar-refractivity contribution < 1.29 is 14.3 Å². The molecule has 9 heteroatoms. The van der Waals surface area contributed by atoms with Crippen LogP contribution in [0.4, 0.5) is 5.69 Å². The molecule has 168 valence electrons. The summed E-state index contributed by atoms with van der Waals surface area (Å²) >= 11 is 24.5. The maximum Gasteiger partial charge on any atom is 0.266 e. The van der Waals surface area contributed by atoms with E-state index in [0.29, 0.717) is 38.4 Å². The van der Waals surface area contributed by atoms with Crippen molar-refractivity contribution in [3.8, 4) is 17.6 Å². The molecule has 0 saturated carbocycles. The van der Waals surface area contributed by atoms with Crippen molar-refractivity contribution in [3.05, 3.63) is 91.4 Å². The number of ether oxygens (including phenoxy) is 2. The third-order valence-corrected chi connectivity index (χ3v) is 6.02. The van der Waals surface area contributed by atoms with Gasteiger partial charge in [-0.15, -0.1) is 0 Å². The molecule has 33 heavy (non-hydrogen) atoms. The number of carbonyl (C=O) groups excluding carboxylic acids is 1. The summed E-state index contributed by atoms with van der Waals surface area (Å²) in [6, 6.07) is 16.9. The second-order valence-electron chi connectivity index (χ2n) is 6.62. The second kappa shape index (κ2) is 11.3. The Balaban J connectivity index is 1.85. The fourth-order valence-corrected chi connectivity index (χ4v) is 3.68. The van der Waals surface area contributed by atoms with Crippen molar-refractivity contribution in [2.75, 3.05) is 12.4 Å². The Kier molecular flexibility index (Phi) is 8.49. The second-order valence-corrected chi connectivity index (χ2v) is 8.22. The molecule has 0 unspecified atom stereocenters. The van der Waals surface area contributed by atoms with Crippen LogP contribution in [0.2, 0.25) is 20.1 Å². The summed E-state index contributed by atoms with van der Waals surface area (Å²) < 4.78 is 11.2. The molecular formula is C24H16Cl4N2O3. The Bertz CT molecular complexity index is 1250. The number of amides is 1. The van der Waals surface area contributed by atoms with Gasteiger partial charge in [0, 0.05) is 15.6 Å². The first kappa shape index (κ1) is 24.8. The molecule has 1 amide bonds. The first-order valence-electron chi connectivity index (χ1n) is 9.45. The maximum atomic E-state index is 12.6. The van der Waals surface area contributed by atoms with E-state index in [1.54, 1.807) is 54.6 Å². The molecule has 3 rings (SSSR count). The Morgan fingerprint density at radius 1 is 1.00 bits per heavy atom. The van der Waals surface area contributed by atoms with Gasteiger partial charge in [-0.05, 0) is 48.0 Å². The highest BCUT2D eigenvalue weighted by Crippen LogP contribution is 2.33. The number of hydrogen-bond donors (Lipinski definition) is 1. The zero-order valence-electron chi connectivity index (χ0n) is 17.2. The molecule has 0 saturated heterocycles. The van der Waals surface area contributed by atoms with Crippen LogP contribution in [0.5, 0.6) is 11.5 Å². The van der Waals surface area contributed by atoms with E-state index in [0.717, 1.165) is 0 Å². The van der Waals surface area contributed by atoms with E-state index in [9.17, 15) is 10.1 Å². The molecule has 0 fully saturated rings. The molecule has 0 atom stereocenters. The van der Waals surface area contributed by atoms with Gasteiger partial charge in [-0.25, -0.2) is 0 Å². The van der Waals surface area contributed by atoms with E-state index in [4.69, 9.17) is 55.9 Å². The zero-order chi connectivity index (χ0) is 24.0. The summed E-state index contributed by atoms with van der Waals surface area (Å²) in [5, 5.41) is 13.5. The van der Waals surface area contributed by atoms with Gasteiger partial charge in [0.15, 0.2) is 11.5 Å². The Morgan fingerprint density at radius 2 is 1.67 bits per heavy atom. The van der Waals surface area contributed by atoms with Crippen molar-refractivity contribution in [1.29, 1.82) is 5.26 Å². The van der Waals surface area contributed by atoms with E-state index >= 15 is 0 Å². The number of anilines is 1. The number of nitrogens with one attached hydrogen (secondary N) is 1. The molecule has 3 aromatic rings. The highest BCUT2D eigenvalue weighted by Gasteiger charge is 2.14. The van der Waals surface area contributed by atoms with Crippen LogP contribution in [0.3, 0.4) is 0 Å². The third kappa shape index (κ3) is 6.13. The van der Waals surface area contributed by atoms with Crippen LogP contribution in [0, 0.1) is 11.3 Å². The number of methoxy groups -OCH3 is 1. The first-order chi connectivity index (χ1) is 15.8. The number of carbonyl (C=O) groups is 1. The molecule has 0 aliphatic heterocycles. The average Bonchev–Trinajstić information content (AvgIpc) is 2.80. The van der Waals surface area contributed by atoms with Crippen LogP contribution in [0.25, 0.3) is 6.08 Å². The summed E-state index contributed by atoms with van der Waals surface area (Å²) in [5.41, 5.74) is 1.32. The quantitative estimate of drug-likeness (QED) is 0.259. The lowest BCUT2D eigenvalue weighted by atomic mass is 10.1. The number of halogens is 4. The first-order valence-corrected chi connectivity index (χ1v) is 11.0. The maximum absolute atomic E-state index is 12.6. The lowest BCUT2D eigenvalue weighted by molar-refractivity contribution is -0.112. The number of rotatable bonds is 7. The molecule has 0 aliphatic carbocycles. The van der Waals surface area contributed by atoms with E-state index in [2.05, 4.69) is 5.32 Å². The number of hydrogen-bond acceptors (Lipinski definition) is 4. The fraction of sp³-hybridized carbons (Fsp3) is 0.0833. The summed E-state index contributed by atoms with van der Waals surface area (Å²) in [7, 11) is 1.50. The smallest absolute Gasteiger partial charge is 0.266 e. The van der Waals surface area contributed by atoms with Gasteiger partial charge in [0.25, 0.3) is 5.91 Å². The predicted molar refractivity (Wildman–Crippen MR) is 132 cm³/mol. The van der Waals surface area contributed by atoms with Crippen molar-refractivity contribution >= 4 is 64.1 Å². The molecule has 5 nitrogen and oxygen atoms in total. The minimum atomic E-state index is -0.636. The number of nitrogens with zero attached hydrogens (tertiary/aromatic N) is 1. The molecule has 0 spiro atoms. The molecule has 0 radical (unpaired) electrons. The molecule has 0 heterocycles. The lowest BCUT2D eigenvalue weighted by Crippen LogP contribution is -2.13. The van der Waals surface area contributed by atoms with Crippen molar-refractivity contribution in [2.24, 2.45) is 0 Å². The molecule has 0 aliphatic rings. The summed E-state index contributed by atoms with van der Waals surface area (Å²) in [6.07, 6.45) is 1.42. The van der Waals surface area contributed by atoms with Crippen LogP contribution < -0.4 is 14.8 Å². The van der Waals surface area contributed by atoms with Gasteiger partial charge in [-0.2, -0.15) is 5.26 Å². The van der Waals surface area contributed by atoms with Crippen LogP contribution in [0.15, 0.2) is 60.2 Å². The highest BCUT2D eigenvalue weighted by atomic mass is 35.5. The van der Waals surface area contributed by atoms with E-state index in [-0.39, 0.29) is 22.2 Å². The number of benzene rings is 3. The minimum absolute atomic E-state index is 0.0981. The standard InChI is InChI=1S/C24H16Cl4N2O3/c1-32-21-9-8-14(11-22(21)33-13-16-17(25)4-2-5-18(16)26)10-15(12-29)24(31)30-20-7-3-6-19(27)23(20)28/h2-11H,13H2,1H3,(H,30,31)/b15-10+. The largest absolute Gasteiger partial charge is 0.493 e. The topological polar surface area (TPSA) is 71.3 Å². The minimum Gasteiger partial charge on any atom is -0.493 e. The van der Waals surface area contributed by atoms with E-state index < -0.39 is 5.91 Å². The summed E-state index contributed by atoms with van der Waals surface area (Å²) in [4.78, 5) is 12.6. The van der Waals surface area contributed by atoms with Gasteiger partial charge >= 0.3 is 0 Å². The highest BCUT2D eigenvalue weighted by molar-refractivity contribution is 6.44. The van der Waals surface area contributed by atoms with Crippen LogP contribution in [0.1, 0.15) is 11.1 Å². The third-order valence-electron chi connectivity index (χ3n) is 4.50. The van der Waals surface area contributed by atoms with Gasteiger partial charge in [0.2, 0.25) is 0 Å². The van der Waals surface area contributed by atoms with Gasteiger partial charge < -0.3 is 14.8 Å². The predicted octanol–water partition coefficient (Wildman–Crippen LogP) is 7.43. The van der Waals surface area contributed by atoms with Crippen LogP contribution in [-0.4, -0.2) is 13.0 Å². The SMILES string of the molecule is COc1ccc(/C=C(\C#N)C(=O)Nc2cccc(Cl)c2Cl)cc1OCc1c(Cl)cccc1Cl. The Morgan fingerprint density at radius 3 is 2.33 bits per heavy atom. The van der Waals surface area contributed by atoms with Crippen molar-refractivity contribution in [2.45, 2.75) is 6.61 Å². The van der Waals surface area contributed by atoms with Crippen molar-refractivity contribution in [3.63, 3.8) is 0 Å². The zero-order valence-corrected chi connectivity index (χ0v) is 20.2. The average molecular weight is 522 g/mol. The fourth-order valence-electron chi connectivity index (χ4n) is 2.82. The molecule has 1 N–H and O–H groups in total. The number of nitriles is 1. The Hall–Kier alpha value is -2.88. The van der Waals surface area contributed by atoms with E-state index in [1.807, 2.05) is 6.07 Å². The van der Waals surface area contributed by atoms with Crippen molar-refractivity contribution in [1.82, 2.24) is 0 Å². The normalized spacial score (nSPS) is 11.0. The Labute approximate surface area is 211 Å².